The molecule has 0 aliphatic rings. The number of nitrogens with two attached hydrogens (primary N) is 1. The smallest absolute Gasteiger partial charge is 0.140 e. The monoisotopic (exact) mass is 278 g/mol. The molecule has 4 nitrogen and oxygen atoms in total. The second-order valence-corrected chi connectivity index (χ2v) is 5.48. The number of aryl methyl sites for hydroxylation is 3. The summed E-state index contributed by atoms with van der Waals surface area (Å²) in [6.45, 7) is 7.04. The molecule has 2 N–H and O–H groups in total. The van der Waals surface area contributed by atoms with Gasteiger partial charge < -0.3 is 4.74 Å². The molecule has 1 heterocycles. The quantitative estimate of drug-likeness (QED) is 0.854. The maximum atomic E-state index is 5.83. The molecule has 102 valence electrons. The Morgan fingerprint density at radius 2 is 1.84 bits per heavy atom. The van der Waals surface area contributed by atoms with Gasteiger partial charge in [0.05, 0.1) is 5.69 Å². The Morgan fingerprint density at radius 1 is 1.11 bits per heavy atom. The van der Waals surface area contributed by atoms with Crippen molar-refractivity contribution in [2.24, 2.45) is 5.90 Å². The van der Waals surface area contributed by atoms with Crippen LogP contribution in [0.15, 0.2) is 17.5 Å². The summed E-state index contributed by atoms with van der Waals surface area (Å²) < 4.78 is 5.83. The third kappa shape index (κ3) is 3.53. The Bertz CT molecular complexity index is 567. The largest absolute Gasteiger partial charge is 0.486 e. The maximum Gasteiger partial charge on any atom is 0.140 e. The molecule has 0 saturated heterocycles. The molecule has 0 unspecified atom stereocenters. The molecule has 5 heteroatoms. The Morgan fingerprint density at radius 3 is 2.58 bits per heavy atom. The number of hydrogen-bond acceptors (Lipinski definition) is 5. The van der Waals surface area contributed by atoms with E-state index >= 15 is 0 Å². The van der Waals surface area contributed by atoms with Crippen molar-refractivity contribution in [3.05, 3.63) is 44.9 Å². The van der Waals surface area contributed by atoms with Crippen LogP contribution in [-0.2, 0) is 18.1 Å². The SMILES string of the molecule is Cc1cc(C)c(OCc2nc(CON)cs2)cc1C. The topological polar surface area (TPSA) is 57.4 Å². The number of ether oxygens (including phenoxy) is 1. The third-order valence-corrected chi connectivity index (χ3v) is 3.84. The molecule has 0 amide bonds. The highest BCUT2D eigenvalue weighted by atomic mass is 32.1. The van der Waals surface area contributed by atoms with E-state index in [-0.39, 0.29) is 0 Å². The average molecular weight is 278 g/mol. The highest BCUT2D eigenvalue weighted by Crippen LogP contribution is 2.23. The highest BCUT2D eigenvalue weighted by molar-refractivity contribution is 7.09. The molecule has 0 spiro atoms. The first-order valence-electron chi connectivity index (χ1n) is 6.05. The van der Waals surface area contributed by atoms with Gasteiger partial charge in [-0.2, -0.15) is 0 Å². The number of rotatable bonds is 5. The molecule has 19 heavy (non-hydrogen) atoms. The molecule has 0 aliphatic heterocycles. The molecule has 0 bridgehead atoms. The average Bonchev–Trinajstić information content (AvgIpc) is 2.80. The van der Waals surface area contributed by atoms with Crippen LogP contribution in [0.4, 0.5) is 0 Å². The van der Waals surface area contributed by atoms with Crippen molar-refractivity contribution < 1.29 is 9.57 Å². The number of thiazole rings is 1. The normalized spacial score (nSPS) is 10.7. The lowest BCUT2D eigenvalue weighted by Crippen LogP contribution is -2.01. The molecular weight excluding hydrogens is 260 g/mol. The zero-order valence-electron chi connectivity index (χ0n) is 11.4. The van der Waals surface area contributed by atoms with Gasteiger partial charge in [0.1, 0.15) is 24.0 Å². The molecule has 1 aromatic heterocycles. The minimum atomic E-state index is 0.333. The van der Waals surface area contributed by atoms with Crippen LogP contribution in [0.5, 0.6) is 5.75 Å². The molecule has 0 atom stereocenters. The number of nitrogens with zero attached hydrogens (tertiary/aromatic N) is 1. The van der Waals surface area contributed by atoms with Crippen LogP contribution >= 0.6 is 11.3 Å². The van der Waals surface area contributed by atoms with E-state index in [1.165, 1.54) is 11.1 Å². The number of hydrogen-bond donors (Lipinski definition) is 1. The minimum absolute atomic E-state index is 0.333. The number of aromatic nitrogens is 1. The molecular formula is C14H18N2O2S. The van der Waals surface area contributed by atoms with Crippen molar-refractivity contribution in [3.63, 3.8) is 0 Å². The van der Waals surface area contributed by atoms with Crippen LogP contribution in [0.2, 0.25) is 0 Å². The summed E-state index contributed by atoms with van der Waals surface area (Å²) in [6.07, 6.45) is 0. The highest BCUT2D eigenvalue weighted by Gasteiger charge is 2.06. The van der Waals surface area contributed by atoms with Crippen LogP contribution in [0.3, 0.4) is 0 Å². The van der Waals surface area contributed by atoms with E-state index in [9.17, 15) is 0 Å². The van der Waals surface area contributed by atoms with Crippen LogP contribution < -0.4 is 10.6 Å². The summed E-state index contributed by atoms with van der Waals surface area (Å²) in [6, 6.07) is 4.21. The van der Waals surface area contributed by atoms with E-state index in [2.05, 4.69) is 42.7 Å². The van der Waals surface area contributed by atoms with Gasteiger partial charge in [0, 0.05) is 5.38 Å². The van der Waals surface area contributed by atoms with Gasteiger partial charge >= 0.3 is 0 Å². The number of benzene rings is 1. The summed E-state index contributed by atoms with van der Waals surface area (Å²) in [4.78, 5) is 8.93. The Hall–Kier alpha value is -1.43. The third-order valence-electron chi connectivity index (χ3n) is 2.97. The van der Waals surface area contributed by atoms with Crippen molar-refractivity contribution in [3.8, 4) is 5.75 Å². The van der Waals surface area contributed by atoms with Crippen LogP contribution in [0.25, 0.3) is 0 Å². The first kappa shape index (κ1) is 14.0. The van der Waals surface area contributed by atoms with E-state index in [0.717, 1.165) is 22.0 Å². The fourth-order valence-electron chi connectivity index (χ4n) is 1.80. The molecule has 1 aromatic carbocycles. The van der Waals surface area contributed by atoms with Gasteiger partial charge in [-0.1, -0.05) is 6.07 Å². The van der Waals surface area contributed by atoms with Crippen LogP contribution in [0.1, 0.15) is 27.4 Å². The van der Waals surface area contributed by atoms with Crippen molar-refractivity contribution in [2.45, 2.75) is 34.0 Å². The Kier molecular flexibility index (Phi) is 4.52. The Labute approximate surface area is 117 Å². The van der Waals surface area contributed by atoms with E-state index in [0.29, 0.717) is 13.2 Å². The predicted molar refractivity (Wildman–Crippen MR) is 76.1 cm³/mol. The van der Waals surface area contributed by atoms with Gasteiger partial charge in [0.15, 0.2) is 0 Å². The van der Waals surface area contributed by atoms with E-state index in [1.54, 1.807) is 11.3 Å². The van der Waals surface area contributed by atoms with Crippen LogP contribution in [0, 0.1) is 20.8 Å². The first-order chi connectivity index (χ1) is 9.10. The van der Waals surface area contributed by atoms with Gasteiger partial charge in [0.25, 0.3) is 0 Å². The Balaban J connectivity index is 2.03. The van der Waals surface area contributed by atoms with E-state index < -0.39 is 0 Å². The van der Waals surface area contributed by atoms with E-state index in [1.807, 2.05) is 5.38 Å². The molecule has 0 aliphatic carbocycles. The van der Waals surface area contributed by atoms with Crippen LogP contribution in [-0.4, -0.2) is 4.98 Å². The van der Waals surface area contributed by atoms with E-state index in [4.69, 9.17) is 10.6 Å². The molecule has 2 aromatic rings. The van der Waals surface area contributed by atoms with Crippen molar-refractivity contribution in [1.82, 2.24) is 4.98 Å². The first-order valence-corrected chi connectivity index (χ1v) is 6.93. The molecule has 0 fully saturated rings. The zero-order chi connectivity index (χ0) is 13.8. The summed E-state index contributed by atoms with van der Waals surface area (Å²) >= 11 is 1.55. The van der Waals surface area contributed by atoms with Gasteiger partial charge in [-0.25, -0.2) is 10.9 Å². The zero-order valence-corrected chi connectivity index (χ0v) is 12.2. The van der Waals surface area contributed by atoms with Crippen molar-refractivity contribution in [1.29, 1.82) is 0 Å². The minimum Gasteiger partial charge on any atom is -0.486 e. The van der Waals surface area contributed by atoms with Gasteiger partial charge in [-0.3, -0.25) is 4.84 Å². The summed E-state index contributed by atoms with van der Waals surface area (Å²) in [7, 11) is 0. The van der Waals surface area contributed by atoms with Crippen molar-refractivity contribution >= 4 is 11.3 Å². The fourth-order valence-corrected chi connectivity index (χ4v) is 2.49. The maximum absolute atomic E-state index is 5.83. The fraction of sp³-hybridized carbons (Fsp3) is 0.357. The molecule has 0 radical (unpaired) electrons. The summed E-state index contributed by atoms with van der Waals surface area (Å²) in [5.41, 5.74) is 4.49. The van der Waals surface area contributed by atoms with Gasteiger partial charge in [-0.05, 0) is 43.5 Å². The standard InChI is InChI=1S/C14H18N2O2S/c1-9-4-11(3)13(5-10(9)2)17-7-14-16-12(6-18-15)8-19-14/h4-5,8H,6-7,15H2,1-3H3. The second kappa shape index (κ2) is 6.14. The predicted octanol–water partition coefficient (Wildman–Crippen LogP) is 3.04. The lowest BCUT2D eigenvalue weighted by molar-refractivity contribution is 0.121. The lowest BCUT2D eigenvalue weighted by Gasteiger charge is -2.10. The summed E-state index contributed by atoms with van der Waals surface area (Å²) in [5, 5.41) is 2.85. The molecule has 2 rings (SSSR count). The second-order valence-electron chi connectivity index (χ2n) is 4.53. The summed E-state index contributed by atoms with van der Waals surface area (Å²) in [5.74, 6) is 5.93. The molecule has 0 saturated carbocycles. The van der Waals surface area contributed by atoms with Gasteiger partial charge in [0.2, 0.25) is 0 Å². The van der Waals surface area contributed by atoms with Gasteiger partial charge in [-0.15, -0.1) is 11.3 Å². The van der Waals surface area contributed by atoms with Crippen molar-refractivity contribution in [2.75, 3.05) is 0 Å². The lowest BCUT2D eigenvalue weighted by atomic mass is 10.1.